The van der Waals surface area contributed by atoms with Crippen molar-refractivity contribution in [2.75, 3.05) is 14.2 Å². The van der Waals surface area contributed by atoms with Crippen LogP contribution in [-0.4, -0.2) is 14.2 Å². The third-order valence-corrected chi connectivity index (χ3v) is 2.71. The molecule has 0 spiro atoms. The fraction of sp³-hybridized carbons (Fsp3) is 0.462. The van der Waals surface area contributed by atoms with Gasteiger partial charge >= 0.3 is 0 Å². The van der Waals surface area contributed by atoms with Crippen LogP contribution in [-0.2, 0) is 0 Å². The summed E-state index contributed by atoms with van der Waals surface area (Å²) in [6.45, 7) is 4.09. The highest BCUT2D eigenvalue weighted by molar-refractivity contribution is 5.45. The maximum Gasteiger partial charge on any atom is 0.124 e. The fourth-order valence-electron chi connectivity index (χ4n) is 1.99. The lowest BCUT2D eigenvalue weighted by molar-refractivity contribution is 0.401. The second-order valence-corrected chi connectivity index (χ2v) is 3.90. The standard InChI is InChI=1S/C13H18N2O/c1-9-7-10(2)13(12(8-9)16-4)11(15-3)5-6-14/h7-8,11,15H,5H2,1-4H3. The lowest BCUT2D eigenvalue weighted by Gasteiger charge is -2.20. The van der Waals surface area contributed by atoms with Crippen LogP contribution in [0.2, 0.25) is 0 Å². The van der Waals surface area contributed by atoms with E-state index in [2.05, 4.69) is 17.5 Å². The van der Waals surface area contributed by atoms with Gasteiger partial charge < -0.3 is 10.1 Å². The summed E-state index contributed by atoms with van der Waals surface area (Å²) < 4.78 is 5.39. The van der Waals surface area contributed by atoms with Gasteiger partial charge in [-0.1, -0.05) is 6.07 Å². The quantitative estimate of drug-likeness (QED) is 0.844. The summed E-state index contributed by atoms with van der Waals surface area (Å²) in [4.78, 5) is 0. The molecule has 0 radical (unpaired) electrons. The van der Waals surface area contributed by atoms with Crippen LogP contribution in [0.3, 0.4) is 0 Å². The van der Waals surface area contributed by atoms with Gasteiger partial charge in [-0.25, -0.2) is 0 Å². The summed E-state index contributed by atoms with van der Waals surface area (Å²) in [6.07, 6.45) is 0.441. The van der Waals surface area contributed by atoms with E-state index in [1.54, 1.807) is 7.11 Å². The van der Waals surface area contributed by atoms with E-state index in [0.717, 1.165) is 16.9 Å². The van der Waals surface area contributed by atoms with Gasteiger partial charge in [-0.2, -0.15) is 5.26 Å². The molecule has 0 fully saturated rings. The molecular weight excluding hydrogens is 200 g/mol. The van der Waals surface area contributed by atoms with Gasteiger partial charge in [0.15, 0.2) is 0 Å². The molecule has 0 heterocycles. The zero-order valence-electron chi connectivity index (χ0n) is 10.3. The first-order valence-corrected chi connectivity index (χ1v) is 5.33. The fourth-order valence-corrected chi connectivity index (χ4v) is 1.99. The second kappa shape index (κ2) is 5.53. The molecule has 0 saturated heterocycles. The Bertz CT molecular complexity index is 407. The molecule has 86 valence electrons. The topological polar surface area (TPSA) is 45.0 Å². The highest BCUT2D eigenvalue weighted by Gasteiger charge is 2.17. The Morgan fingerprint density at radius 1 is 1.44 bits per heavy atom. The predicted octanol–water partition coefficient (Wildman–Crippen LogP) is 2.49. The molecule has 1 aromatic rings. The minimum Gasteiger partial charge on any atom is -0.496 e. The molecular formula is C13H18N2O. The Morgan fingerprint density at radius 3 is 2.62 bits per heavy atom. The Kier molecular flexibility index (Phi) is 4.33. The van der Waals surface area contributed by atoms with Crippen molar-refractivity contribution in [3.8, 4) is 11.8 Å². The van der Waals surface area contributed by atoms with Crippen LogP contribution in [0.25, 0.3) is 0 Å². The van der Waals surface area contributed by atoms with Gasteiger partial charge in [-0.15, -0.1) is 0 Å². The Morgan fingerprint density at radius 2 is 2.12 bits per heavy atom. The Labute approximate surface area is 97.0 Å². The maximum atomic E-state index is 8.81. The number of nitriles is 1. The van der Waals surface area contributed by atoms with Crippen molar-refractivity contribution in [1.82, 2.24) is 5.32 Å². The van der Waals surface area contributed by atoms with E-state index in [9.17, 15) is 0 Å². The molecule has 0 bridgehead atoms. The van der Waals surface area contributed by atoms with E-state index in [1.165, 1.54) is 5.56 Å². The molecule has 0 saturated carbocycles. The van der Waals surface area contributed by atoms with Crippen molar-refractivity contribution in [3.63, 3.8) is 0 Å². The second-order valence-electron chi connectivity index (χ2n) is 3.90. The van der Waals surface area contributed by atoms with Crippen molar-refractivity contribution in [2.45, 2.75) is 26.3 Å². The molecule has 16 heavy (non-hydrogen) atoms. The average Bonchev–Trinajstić information content (AvgIpc) is 2.25. The number of rotatable bonds is 4. The first-order valence-electron chi connectivity index (χ1n) is 5.33. The van der Waals surface area contributed by atoms with E-state index in [0.29, 0.717) is 6.42 Å². The largest absolute Gasteiger partial charge is 0.496 e. The van der Waals surface area contributed by atoms with Crippen molar-refractivity contribution in [3.05, 3.63) is 28.8 Å². The molecule has 1 aromatic carbocycles. The number of hydrogen-bond acceptors (Lipinski definition) is 3. The van der Waals surface area contributed by atoms with Gasteiger partial charge in [0.05, 0.1) is 19.6 Å². The number of aryl methyl sites for hydroxylation is 2. The monoisotopic (exact) mass is 218 g/mol. The molecule has 0 amide bonds. The third kappa shape index (κ3) is 2.53. The van der Waals surface area contributed by atoms with E-state index in [4.69, 9.17) is 10.00 Å². The molecule has 0 aliphatic carbocycles. The smallest absolute Gasteiger partial charge is 0.124 e. The van der Waals surface area contributed by atoms with Crippen molar-refractivity contribution < 1.29 is 4.74 Å². The van der Waals surface area contributed by atoms with Crippen molar-refractivity contribution >= 4 is 0 Å². The van der Waals surface area contributed by atoms with Crippen LogP contribution in [0.4, 0.5) is 0 Å². The molecule has 1 rings (SSSR count). The van der Waals surface area contributed by atoms with Crippen molar-refractivity contribution in [1.29, 1.82) is 5.26 Å². The molecule has 3 heteroatoms. The minimum absolute atomic E-state index is 0.0283. The number of nitrogens with one attached hydrogen (secondary N) is 1. The van der Waals surface area contributed by atoms with Gasteiger partial charge in [-0.3, -0.25) is 0 Å². The van der Waals surface area contributed by atoms with E-state index in [-0.39, 0.29) is 6.04 Å². The Balaban J connectivity index is 3.24. The van der Waals surface area contributed by atoms with Crippen LogP contribution in [0.5, 0.6) is 5.75 Å². The maximum absolute atomic E-state index is 8.81. The number of ether oxygens (including phenoxy) is 1. The van der Waals surface area contributed by atoms with Crippen LogP contribution >= 0.6 is 0 Å². The highest BCUT2D eigenvalue weighted by atomic mass is 16.5. The first-order chi connectivity index (χ1) is 7.63. The van der Waals surface area contributed by atoms with Gasteiger partial charge in [0.25, 0.3) is 0 Å². The molecule has 0 aliphatic rings. The summed E-state index contributed by atoms with van der Waals surface area (Å²) in [5.41, 5.74) is 3.41. The predicted molar refractivity (Wildman–Crippen MR) is 64.5 cm³/mol. The molecule has 1 atom stereocenters. The van der Waals surface area contributed by atoms with Crippen molar-refractivity contribution in [2.24, 2.45) is 0 Å². The number of hydrogen-bond donors (Lipinski definition) is 1. The number of nitrogens with zero attached hydrogens (tertiary/aromatic N) is 1. The number of benzene rings is 1. The molecule has 0 aromatic heterocycles. The van der Waals surface area contributed by atoms with Gasteiger partial charge in [-0.05, 0) is 38.1 Å². The first kappa shape index (κ1) is 12.5. The van der Waals surface area contributed by atoms with Gasteiger partial charge in [0, 0.05) is 11.6 Å². The zero-order valence-corrected chi connectivity index (χ0v) is 10.3. The lowest BCUT2D eigenvalue weighted by atomic mass is 9.96. The van der Waals surface area contributed by atoms with Gasteiger partial charge in [0.1, 0.15) is 5.75 Å². The SMILES string of the molecule is CNC(CC#N)c1c(C)cc(C)cc1OC. The van der Waals surface area contributed by atoms with E-state index in [1.807, 2.05) is 27.0 Å². The summed E-state index contributed by atoms with van der Waals surface area (Å²) in [7, 11) is 3.53. The highest BCUT2D eigenvalue weighted by Crippen LogP contribution is 2.31. The lowest BCUT2D eigenvalue weighted by Crippen LogP contribution is -2.18. The van der Waals surface area contributed by atoms with Crippen LogP contribution < -0.4 is 10.1 Å². The summed E-state index contributed by atoms with van der Waals surface area (Å²) in [5.74, 6) is 0.854. The Hall–Kier alpha value is -1.53. The summed E-state index contributed by atoms with van der Waals surface area (Å²) in [5, 5.41) is 12.0. The molecule has 1 unspecified atom stereocenters. The molecule has 3 nitrogen and oxygen atoms in total. The molecule has 0 aliphatic heterocycles. The summed E-state index contributed by atoms with van der Waals surface area (Å²) >= 11 is 0. The van der Waals surface area contributed by atoms with Crippen LogP contribution in [0, 0.1) is 25.2 Å². The normalized spacial score (nSPS) is 11.9. The zero-order chi connectivity index (χ0) is 12.1. The van der Waals surface area contributed by atoms with E-state index >= 15 is 0 Å². The van der Waals surface area contributed by atoms with Crippen LogP contribution in [0.15, 0.2) is 12.1 Å². The minimum atomic E-state index is 0.0283. The van der Waals surface area contributed by atoms with Crippen LogP contribution in [0.1, 0.15) is 29.2 Å². The average molecular weight is 218 g/mol. The molecule has 1 N–H and O–H groups in total. The van der Waals surface area contributed by atoms with E-state index < -0.39 is 0 Å². The van der Waals surface area contributed by atoms with Gasteiger partial charge in [0.2, 0.25) is 0 Å². The third-order valence-electron chi connectivity index (χ3n) is 2.71. The number of methoxy groups -OCH3 is 1. The summed E-state index contributed by atoms with van der Waals surface area (Å²) in [6, 6.07) is 6.34.